The average molecular weight is 282 g/mol. The second kappa shape index (κ2) is 7.07. The number of piperidine rings is 1. The van der Waals surface area contributed by atoms with Gasteiger partial charge in [-0.25, -0.2) is 0 Å². The number of rotatable bonds is 4. The number of likely N-dealkylation sites (tertiary alicyclic amines) is 1. The van der Waals surface area contributed by atoms with Crippen LogP contribution in [0.4, 0.5) is 0 Å². The number of nitrogens with one attached hydrogen (secondary N) is 1. The molecule has 2 atom stereocenters. The Morgan fingerprint density at radius 3 is 2.45 bits per heavy atom. The molecule has 1 saturated carbocycles. The molecule has 1 saturated heterocycles. The number of nitrogens with zero attached hydrogens (tertiary/aromatic N) is 1. The molecule has 2 rings (SSSR count). The number of carboxylic acid groups (broad SMARTS) is 1. The van der Waals surface area contributed by atoms with E-state index in [2.05, 4.69) is 5.32 Å². The van der Waals surface area contributed by atoms with Crippen LogP contribution in [0.1, 0.15) is 51.9 Å². The van der Waals surface area contributed by atoms with Gasteiger partial charge in [-0.3, -0.25) is 9.59 Å². The fraction of sp³-hybridized carbons (Fsp3) is 0.867. The molecule has 0 radical (unpaired) electrons. The third-order valence-electron chi connectivity index (χ3n) is 4.52. The quantitative estimate of drug-likeness (QED) is 0.822. The maximum absolute atomic E-state index is 11.6. The van der Waals surface area contributed by atoms with E-state index in [9.17, 15) is 9.59 Å². The van der Waals surface area contributed by atoms with Crippen LogP contribution in [-0.4, -0.2) is 47.1 Å². The fourth-order valence-electron chi connectivity index (χ4n) is 3.58. The number of carboxylic acids is 1. The zero-order chi connectivity index (χ0) is 14.5. The molecule has 0 aromatic heterocycles. The molecule has 2 N–H and O–H groups in total. The van der Waals surface area contributed by atoms with E-state index in [1.807, 2.05) is 0 Å². The zero-order valence-corrected chi connectivity index (χ0v) is 12.3. The van der Waals surface area contributed by atoms with Crippen LogP contribution >= 0.6 is 0 Å². The molecule has 2 aliphatic rings. The predicted octanol–water partition coefficient (Wildman–Crippen LogP) is 1.62. The van der Waals surface area contributed by atoms with Crippen molar-refractivity contribution in [3.8, 4) is 0 Å². The Labute approximate surface area is 120 Å². The van der Waals surface area contributed by atoms with Crippen molar-refractivity contribution in [3.63, 3.8) is 0 Å². The van der Waals surface area contributed by atoms with E-state index >= 15 is 0 Å². The molecule has 20 heavy (non-hydrogen) atoms. The monoisotopic (exact) mass is 282 g/mol. The lowest BCUT2D eigenvalue weighted by atomic mass is 9.89. The van der Waals surface area contributed by atoms with Gasteiger partial charge in [0.2, 0.25) is 5.91 Å². The van der Waals surface area contributed by atoms with Gasteiger partial charge in [0.1, 0.15) is 0 Å². The molecule has 1 aliphatic carbocycles. The summed E-state index contributed by atoms with van der Waals surface area (Å²) in [6, 6.07) is 0.797. The SMILES string of the molecule is CC(=O)N1CC(CC(=O)O)CC(NC2CCCCC2)C1. The summed E-state index contributed by atoms with van der Waals surface area (Å²) < 4.78 is 0. The Morgan fingerprint density at radius 2 is 1.85 bits per heavy atom. The van der Waals surface area contributed by atoms with Crippen LogP contribution in [0, 0.1) is 5.92 Å². The first-order chi connectivity index (χ1) is 9.54. The average Bonchev–Trinajstić information content (AvgIpc) is 2.38. The van der Waals surface area contributed by atoms with E-state index in [1.54, 1.807) is 11.8 Å². The number of carbonyl (C=O) groups is 2. The minimum atomic E-state index is -0.767. The first-order valence-electron chi connectivity index (χ1n) is 7.78. The summed E-state index contributed by atoms with van der Waals surface area (Å²) in [5.41, 5.74) is 0. The minimum absolute atomic E-state index is 0.0514. The summed E-state index contributed by atoms with van der Waals surface area (Å²) in [5.74, 6) is -0.640. The van der Waals surface area contributed by atoms with Crippen LogP contribution in [0.2, 0.25) is 0 Å². The Kier molecular flexibility index (Phi) is 5.40. The topological polar surface area (TPSA) is 69.6 Å². The second-order valence-electron chi connectivity index (χ2n) is 6.32. The standard InChI is InChI=1S/C15H26N2O3/c1-11(18)17-9-12(8-15(19)20)7-14(10-17)16-13-5-3-2-4-6-13/h12-14,16H,2-10H2,1H3,(H,19,20). The molecule has 5 heteroatoms. The molecule has 0 aromatic rings. The fourth-order valence-corrected chi connectivity index (χ4v) is 3.58. The van der Waals surface area contributed by atoms with Crippen LogP contribution in [0.3, 0.4) is 0 Å². The molecular weight excluding hydrogens is 256 g/mol. The summed E-state index contributed by atoms with van der Waals surface area (Å²) >= 11 is 0. The van der Waals surface area contributed by atoms with Gasteiger partial charge in [-0.15, -0.1) is 0 Å². The van der Waals surface area contributed by atoms with Crippen LogP contribution in [0.25, 0.3) is 0 Å². The highest BCUT2D eigenvalue weighted by molar-refractivity contribution is 5.73. The van der Waals surface area contributed by atoms with Gasteiger partial charge in [-0.05, 0) is 25.2 Å². The number of amides is 1. The predicted molar refractivity (Wildman–Crippen MR) is 76.4 cm³/mol. The first kappa shape index (κ1) is 15.3. The Balaban J connectivity index is 1.91. The van der Waals surface area contributed by atoms with Gasteiger partial charge in [0.25, 0.3) is 0 Å². The van der Waals surface area contributed by atoms with E-state index in [0.717, 1.165) is 13.0 Å². The largest absolute Gasteiger partial charge is 0.481 e. The lowest BCUT2D eigenvalue weighted by Gasteiger charge is -2.39. The van der Waals surface area contributed by atoms with E-state index in [1.165, 1.54) is 32.1 Å². The summed E-state index contributed by atoms with van der Waals surface area (Å²) in [5, 5.41) is 12.6. The van der Waals surface area contributed by atoms with Gasteiger partial charge in [0, 0.05) is 38.5 Å². The maximum Gasteiger partial charge on any atom is 0.303 e. The smallest absolute Gasteiger partial charge is 0.303 e. The first-order valence-corrected chi connectivity index (χ1v) is 7.78. The van der Waals surface area contributed by atoms with Gasteiger partial charge in [0.05, 0.1) is 0 Å². The molecule has 0 aromatic carbocycles. The van der Waals surface area contributed by atoms with Gasteiger partial charge < -0.3 is 15.3 Å². The van der Waals surface area contributed by atoms with Crippen LogP contribution in [0.15, 0.2) is 0 Å². The Bertz CT molecular complexity index is 353. The third kappa shape index (κ3) is 4.47. The van der Waals surface area contributed by atoms with Gasteiger partial charge >= 0.3 is 5.97 Å². The lowest BCUT2D eigenvalue weighted by Crippen LogP contribution is -2.53. The second-order valence-corrected chi connectivity index (χ2v) is 6.32. The normalized spacial score (nSPS) is 28.4. The van der Waals surface area contributed by atoms with Gasteiger partial charge in [-0.1, -0.05) is 19.3 Å². The van der Waals surface area contributed by atoms with E-state index < -0.39 is 5.97 Å². The maximum atomic E-state index is 11.6. The molecule has 2 unspecified atom stereocenters. The van der Waals surface area contributed by atoms with E-state index in [4.69, 9.17) is 5.11 Å². The molecule has 1 aliphatic heterocycles. The highest BCUT2D eigenvalue weighted by Crippen LogP contribution is 2.23. The van der Waals surface area contributed by atoms with Crippen LogP contribution < -0.4 is 5.32 Å². The molecular formula is C15H26N2O3. The summed E-state index contributed by atoms with van der Waals surface area (Å²) in [7, 11) is 0. The van der Waals surface area contributed by atoms with Crippen molar-refractivity contribution in [1.29, 1.82) is 0 Å². The van der Waals surface area contributed by atoms with Crippen molar-refractivity contribution in [2.75, 3.05) is 13.1 Å². The summed E-state index contributed by atoms with van der Waals surface area (Å²) in [6.07, 6.45) is 7.32. The molecule has 0 bridgehead atoms. The zero-order valence-electron chi connectivity index (χ0n) is 12.3. The molecule has 114 valence electrons. The summed E-state index contributed by atoms with van der Waals surface area (Å²) in [4.78, 5) is 24.3. The van der Waals surface area contributed by atoms with Crippen molar-refractivity contribution < 1.29 is 14.7 Å². The molecule has 0 spiro atoms. The molecule has 2 fully saturated rings. The number of aliphatic carboxylic acids is 1. The van der Waals surface area contributed by atoms with Crippen molar-refractivity contribution >= 4 is 11.9 Å². The van der Waals surface area contributed by atoms with Gasteiger partial charge in [-0.2, -0.15) is 0 Å². The number of hydrogen-bond donors (Lipinski definition) is 2. The van der Waals surface area contributed by atoms with E-state index in [0.29, 0.717) is 12.6 Å². The summed E-state index contributed by atoms with van der Waals surface area (Å²) in [6.45, 7) is 2.88. The minimum Gasteiger partial charge on any atom is -0.481 e. The van der Waals surface area contributed by atoms with Crippen molar-refractivity contribution in [2.24, 2.45) is 5.92 Å². The third-order valence-corrected chi connectivity index (χ3v) is 4.52. The van der Waals surface area contributed by atoms with Crippen LogP contribution in [-0.2, 0) is 9.59 Å². The van der Waals surface area contributed by atoms with Crippen molar-refractivity contribution in [2.45, 2.75) is 64.0 Å². The molecule has 1 amide bonds. The Morgan fingerprint density at radius 1 is 1.15 bits per heavy atom. The van der Waals surface area contributed by atoms with Crippen molar-refractivity contribution in [1.82, 2.24) is 10.2 Å². The number of carbonyl (C=O) groups excluding carboxylic acids is 1. The highest BCUT2D eigenvalue weighted by Gasteiger charge is 2.31. The lowest BCUT2D eigenvalue weighted by molar-refractivity contribution is -0.140. The molecule has 5 nitrogen and oxygen atoms in total. The molecule has 1 heterocycles. The van der Waals surface area contributed by atoms with Crippen LogP contribution in [0.5, 0.6) is 0 Å². The van der Waals surface area contributed by atoms with Crippen molar-refractivity contribution in [3.05, 3.63) is 0 Å². The van der Waals surface area contributed by atoms with Gasteiger partial charge in [0.15, 0.2) is 0 Å². The van der Waals surface area contributed by atoms with E-state index in [-0.39, 0.29) is 24.3 Å². The number of hydrogen-bond acceptors (Lipinski definition) is 3. The highest BCUT2D eigenvalue weighted by atomic mass is 16.4. The Hall–Kier alpha value is -1.10.